The molecule has 2 heterocycles. The van der Waals surface area contributed by atoms with Gasteiger partial charge >= 0.3 is 0 Å². The van der Waals surface area contributed by atoms with Crippen LogP contribution in [0.2, 0.25) is 0 Å². The number of nitrogens with zero attached hydrogens (tertiary/aromatic N) is 1. The summed E-state index contributed by atoms with van der Waals surface area (Å²) in [5.41, 5.74) is 6.91. The summed E-state index contributed by atoms with van der Waals surface area (Å²) in [4.78, 5) is 2.54. The molecule has 2 rings (SSSR count). The summed E-state index contributed by atoms with van der Waals surface area (Å²) in [5.74, 6) is 3.67. The second-order valence-electron chi connectivity index (χ2n) is 5.86. The fourth-order valence-electron chi connectivity index (χ4n) is 2.86. The Bertz CT molecular complexity index is 376. The number of piperidine rings is 1. The van der Waals surface area contributed by atoms with Crippen LogP contribution < -0.4 is 5.73 Å². The van der Waals surface area contributed by atoms with E-state index in [0.29, 0.717) is 6.54 Å². The summed E-state index contributed by atoms with van der Waals surface area (Å²) in [5, 5.41) is 0. The van der Waals surface area contributed by atoms with Crippen molar-refractivity contribution < 1.29 is 4.42 Å². The van der Waals surface area contributed by atoms with Gasteiger partial charge in [-0.1, -0.05) is 13.8 Å². The Balaban J connectivity index is 1.89. The lowest BCUT2D eigenvalue weighted by atomic mass is 9.86. The van der Waals surface area contributed by atoms with Crippen molar-refractivity contribution >= 4 is 0 Å². The van der Waals surface area contributed by atoms with Crippen LogP contribution in [0.5, 0.6) is 0 Å². The first kappa shape index (κ1) is 13.6. The molecule has 2 N–H and O–H groups in total. The van der Waals surface area contributed by atoms with Gasteiger partial charge < -0.3 is 10.2 Å². The zero-order chi connectivity index (χ0) is 13.1. The van der Waals surface area contributed by atoms with E-state index in [-0.39, 0.29) is 0 Å². The zero-order valence-corrected chi connectivity index (χ0v) is 11.9. The van der Waals surface area contributed by atoms with Crippen LogP contribution in [0.4, 0.5) is 0 Å². The quantitative estimate of drug-likeness (QED) is 0.893. The third-order valence-corrected chi connectivity index (χ3v) is 4.24. The van der Waals surface area contributed by atoms with E-state index in [1.165, 1.54) is 31.5 Å². The average molecular weight is 250 g/mol. The predicted molar refractivity (Wildman–Crippen MR) is 74.2 cm³/mol. The fraction of sp³-hybridized carbons (Fsp3) is 0.733. The van der Waals surface area contributed by atoms with Crippen LogP contribution >= 0.6 is 0 Å². The van der Waals surface area contributed by atoms with Crippen molar-refractivity contribution in [3.63, 3.8) is 0 Å². The molecule has 102 valence electrons. The van der Waals surface area contributed by atoms with Crippen LogP contribution in [0.15, 0.2) is 10.5 Å². The third-order valence-electron chi connectivity index (χ3n) is 4.24. The minimum atomic E-state index is 0.496. The molecule has 1 fully saturated rings. The molecule has 0 radical (unpaired) electrons. The molecule has 0 spiro atoms. The van der Waals surface area contributed by atoms with Gasteiger partial charge in [-0.15, -0.1) is 0 Å². The normalized spacial score (nSPS) is 18.7. The number of hydrogen-bond donors (Lipinski definition) is 1. The first-order chi connectivity index (χ1) is 8.60. The molecule has 3 nitrogen and oxygen atoms in total. The molecule has 1 saturated heterocycles. The summed E-state index contributed by atoms with van der Waals surface area (Å²) in [7, 11) is 0. The van der Waals surface area contributed by atoms with Crippen molar-refractivity contribution in [1.82, 2.24) is 4.90 Å². The summed E-state index contributed by atoms with van der Waals surface area (Å²) in [6.45, 7) is 10.7. The molecule has 1 aromatic heterocycles. The Labute approximate surface area is 110 Å². The van der Waals surface area contributed by atoms with Gasteiger partial charge in [-0.05, 0) is 50.8 Å². The molecule has 0 atom stereocenters. The van der Waals surface area contributed by atoms with Crippen LogP contribution in [0, 0.1) is 18.8 Å². The molecule has 1 aliphatic rings. The monoisotopic (exact) mass is 250 g/mol. The summed E-state index contributed by atoms with van der Waals surface area (Å²) in [6, 6.07) is 2.11. The van der Waals surface area contributed by atoms with Crippen molar-refractivity contribution in [2.75, 3.05) is 13.1 Å². The fourth-order valence-corrected chi connectivity index (χ4v) is 2.86. The van der Waals surface area contributed by atoms with E-state index < -0.39 is 0 Å². The lowest BCUT2D eigenvalue weighted by Gasteiger charge is -2.33. The summed E-state index contributed by atoms with van der Waals surface area (Å²) in [6.07, 6.45) is 2.66. The summed E-state index contributed by atoms with van der Waals surface area (Å²) >= 11 is 0. The van der Waals surface area contributed by atoms with Gasteiger partial charge in [-0.3, -0.25) is 4.90 Å². The number of likely N-dealkylation sites (tertiary alicyclic amines) is 1. The molecule has 1 aromatic rings. The van der Waals surface area contributed by atoms with Gasteiger partial charge in [0, 0.05) is 12.1 Å². The highest BCUT2D eigenvalue weighted by Gasteiger charge is 2.22. The smallest absolute Gasteiger partial charge is 0.118 e. The summed E-state index contributed by atoms with van der Waals surface area (Å²) < 4.78 is 5.61. The highest BCUT2D eigenvalue weighted by molar-refractivity contribution is 5.20. The molecule has 0 unspecified atom stereocenters. The minimum absolute atomic E-state index is 0.496. The average Bonchev–Trinajstić information content (AvgIpc) is 2.71. The Kier molecular flexibility index (Phi) is 4.46. The van der Waals surface area contributed by atoms with Gasteiger partial charge in [-0.25, -0.2) is 0 Å². The second kappa shape index (κ2) is 5.89. The Morgan fingerprint density at radius 1 is 1.39 bits per heavy atom. The van der Waals surface area contributed by atoms with E-state index in [9.17, 15) is 0 Å². The molecule has 1 aliphatic heterocycles. The Hall–Kier alpha value is -0.800. The van der Waals surface area contributed by atoms with Crippen LogP contribution in [-0.4, -0.2) is 18.0 Å². The Morgan fingerprint density at radius 2 is 2.06 bits per heavy atom. The minimum Gasteiger partial charge on any atom is -0.465 e. The van der Waals surface area contributed by atoms with Gasteiger partial charge in [0.1, 0.15) is 11.5 Å². The molecule has 0 aliphatic carbocycles. The van der Waals surface area contributed by atoms with E-state index in [1.807, 2.05) is 6.92 Å². The lowest BCUT2D eigenvalue weighted by molar-refractivity contribution is 0.151. The third kappa shape index (κ3) is 3.15. The topological polar surface area (TPSA) is 42.4 Å². The second-order valence-corrected chi connectivity index (χ2v) is 5.86. The molecule has 18 heavy (non-hydrogen) atoms. The van der Waals surface area contributed by atoms with Crippen molar-refractivity contribution in [2.24, 2.45) is 17.6 Å². The number of rotatable bonds is 4. The lowest BCUT2D eigenvalue weighted by Crippen LogP contribution is -2.34. The molecule has 0 saturated carbocycles. The van der Waals surface area contributed by atoms with Crippen LogP contribution in [0.25, 0.3) is 0 Å². The maximum atomic E-state index is 5.61. The number of aryl methyl sites for hydroxylation is 1. The maximum absolute atomic E-state index is 5.61. The molecular weight excluding hydrogens is 224 g/mol. The number of hydrogen-bond acceptors (Lipinski definition) is 3. The van der Waals surface area contributed by atoms with E-state index >= 15 is 0 Å². The number of furan rings is 1. The molecule has 0 bridgehead atoms. The van der Waals surface area contributed by atoms with E-state index in [4.69, 9.17) is 10.2 Å². The SMILES string of the molecule is Cc1oc(CN)cc1CN1CCC(C(C)C)CC1. The van der Waals surface area contributed by atoms with Gasteiger partial charge in [0.15, 0.2) is 0 Å². The molecule has 3 heteroatoms. The molecule has 0 amide bonds. The van der Waals surface area contributed by atoms with Gasteiger partial charge in [0.2, 0.25) is 0 Å². The Morgan fingerprint density at radius 3 is 2.56 bits per heavy atom. The van der Waals surface area contributed by atoms with Crippen molar-refractivity contribution in [3.05, 3.63) is 23.2 Å². The first-order valence-electron chi connectivity index (χ1n) is 7.10. The maximum Gasteiger partial charge on any atom is 0.118 e. The largest absolute Gasteiger partial charge is 0.465 e. The standard InChI is InChI=1S/C15H26N2O/c1-11(2)13-4-6-17(7-5-13)10-14-8-15(9-16)18-12(14)3/h8,11,13H,4-7,9-10,16H2,1-3H3. The highest BCUT2D eigenvalue weighted by atomic mass is 16.3. The zero-order valence-electron chi connectivity index (χ0n) is 11.9. The van der Waals surface area contributed by atoms with Gasteiger partial charge in [0.05, 0.1) is 6.54 Å². The highest BCUT2D eigenvalue weighted by Crippen LogP contribution is 2.26. The van der Waals surface area contributed by atoms with E-state index in [2.05, 4.69) is 24.8 Å². The van der Waals surface area contributed by atoms with Crippen LogP contribution in [-0.2, 0) is 13.1 Å². The van der Waals surface area contributed by atoms with Crippen LogP contribution in [0.1, 0.15) is 43.8 Å². The first-order valence-corrected chi connectivity index (χ1v) is 7.10. The van der Waals surface area contributed by atoms with Crippen LogP contribution in [0.3, 0.4) is 0 Å². The van der Waals surface area contributed by atoms with Crippen molar-refractivity contribution in [2.45, 2.75) is 46.7 Å². The van der Waals surface area contributed by atoms with E-state index in [1.54, 1.807) is 0 Å². The number of nitrogens with two attached hydrogens (primary N) is 1. The van der Waals surface area contributed by atoms with Crippen molar-refractivity contribution in [1.29, 1.82) is 0 Å². The molecular formula is C15H26N2O. The van der Waals surface area contributed by atoms with Gasteiger partial charge in [0.25, 0.3) is 0 Å². The predicted octanol–water partition coefficient (Wildman–Crippen LogP) is 2.91. The van der Waals surface area contributed by atoms with E-state index in [0.717, 1.165) is 29.9 Å². The van der Waals surface area contributed by atoms with Crippen molar-refractivity contribution in [3.8, 4) is 0 Å². The molecule has 0 aromatic carbocycles. The van der Waals surface area contributed by atoms with Gasteiger partial charge in [-0.2, -0.15) is 0 Å².